The van der Waals surface area contributed by atoms with E-state index in [1.54, 1.807) is 0 Å². The third-order valence-corrected chi connectivity index (χ3v) is 2.20. The fourth-order valence-electron chi connectivity index (χ4n) is 0.756. The molecule has 0 aliphatic rings. The van der Waals surface area contributed by atoms with E-state index in [2.05, 4.69) is 41.8 Å². The maximum absolute atomic E-state index is 7.76. The van der Waals surface area contributed by atoms with Gasteiger partial charge in [-0.25, -0.2) is 4.98 Å². The van der Waals surface area contributed by atoms with Crippen LogP contribution < -0.4 is 0 Å². The molecule has 0 atom stereocenters. The Morgan fingerprint density at radius 3 is 3.00 bits per heavy atom. The predicted octanol–water partition coefficient (Wildman–Crippen LogP) is 2.79. The summed E-state index contributed by atoms with van der Waals surface area (Å²) in [5.41, 5.74) is 0.0594. The molecule has 0 amide bonds. The second-order valence-corrected chi connectivity index (χ2v) is 3.62. The molecule has 0 N–H and O–H groups in total. The van der Waals surface area contributed by atoms with Gasteiger partial charge < -0.3 is 4.57 Å². The van der Waals surface area contributed by atoms with Gasteiger partial charge in [-0.3, -0.25) is 4.98 Å². The molecular formula is C8H5Br2N3. The lowest BCUT2D eigenvalue weighted by atomic mass is 10.4. The number of imidazole rings is 1. The number of hydrogen-bond donors (Lipinski definition) is 0. The molecule has 13 heavy (non-hydrogen) atoms. The van der Waals surface area contributed by atoms with Gasteiger partial charge >= 0.3 is 0 Å². The smallest absolute Gasteiger partial charge is 0.124 e. The van der Waals surface area contributed by atoms with E-state index >= 15 is 0 Å². The van der Waals surface area contributed by atoms with Crippen molar-refractivity contribution < 1.29 is 6.85 Å². The maximum atomic E-state index is 7.76. The molecule has 0 aliphatic heterocycles. The third kappa shape index (κ3) is 1.81. The predicted molar refractivity (Wildman–Crippen MR) is 56.8 cm³/mol. The molecule has 3 nitrogen and oxygen atoms in total. The van der Waals surface area contributed by atoms with Crippen LogP contribution in [0.2, 0.25) is 0 Å². The molecular weight excluding hydrogens is 298 g/mol. The van der Waals surface area contributed by atoms with E-state index in [-0.39, 0.29) is 45.6 Å². The Hall–Kier alpha value is -0.680. The maximum Gasteiger partial charge on any atom is 0.124 e. The van der Waals surface area contributed by atoms with Crippen LogP contribution in [-0.2, 0) is 0 Å². The summed E-state index contributed by atoms with van der Waals surface area (Å²) in [6, 6.07) is -0.204. The van der Waals surface area contributed by atoms with Crippen LogP contribution in [0.25, 0.3) is 5.69 Å². The highest BCUT2D eigenvalue weighted by Gasteiger charge is 2.01. The first-order valence-electron chi connectivity index (χ1n) is 5.69. The average Bonchev–Trinajstić information content (AvgIpc) is 2.53. The lowest BCUT2D eigenvalue weighted by Gasteiger charge is -2.02. The minimum Gasteiger partial charge on any atom is -0.302 e. The monoisotopic (exact) mass is 306 g/mol. The van der Waals surface area contributed by atoms with Crippen molar-refractivity contribution in [1.29, 1.82) is 0 Å². The number of aromatic nitrogens is 3. The Labute approximate surface area is 99.1 Å². The van der Waals surface area contributed by atoms with E-state index in [1.165, 1.54) is 0 Å². The van der Waals surface area contributed by atoms with Crippen LogP contribution in [0.5, 0.6) is 0 Å². The van der Waals surface area contributed by atoms with Crippen molar-refractivity contribution in [2.75, 3.05) is 0 Å². The van der Waals surface area contributed by atoms with Crippen molar-refractivity contribution in [3.8, 4) is 5.69 Å². The number of rotatable bonds is 1. The van der Waals surface area contributed by atoms with Crippen LogP contribution in [0.4, 0.5) is 0 Å². The van der Waals surface area contributed by atoms with Crippen molar-refractivity contribution in [3.05, 3.63) is 39.9 Å². The Morgan fingerprint density at radius 2 is 2.31 bits per heavy atom. The zero-order valence-corrected chi connectivity index (χ0v) is 9.27. The summed E-state index contributed by atoms with van der Waals surface area (Å²) in [6.45, 7) is 0. The zero-order valence-electron chi connectivity index (χ0n) is 11.1. The van der Waals surface area contributed by atoms with Crippen LogP contribution in [-0.4, -0.2) is 14.5 Å². The molecule has 0 fully saturated rings. The Balaban J connectivity index is 2.83. The van der Waals surface area contributed by atoms with Crippen molar-refractivity contribution >= 4 is 31.9 Å². The van der Waals surface area contributed by atoms with Crippen molar-refractivity contribution in [2.45, 2.75) is 0 Å². The molecule has 2 aromatic rings. The summed E-state index contributed by atoms with van der Waals surface area (Å²) in [5, 5.41) is 0. The van der Waals surface area contributed by atoms with E-state index < -0.39 is 0 Å². The van der Waals surface area contributed by atoms with Crippen molar-refractivity contribution in [1.82, 2.24) is 14.5 Å². The number of hydrogen-bond acceptors (Lipinski definition) is 2. The van der Waals surface area contributed by atoms with E-state index in [4.69, 9.17) is 6.85 Å². The molecule has 0 saturated carbocycles. The van der Waals surface area contributed by atoms with Crippen molar-refractivity contribution in [2.24, 2.45) is 0 Å². The first kappa shape index (κ1) is 4.70. The second kappa shape index (κ2) is 3.59. The van der Waals surface area contributed by atoms with Crippen LogP contribution in [0, 0.1) is 0 Å². The van der Waals surface area contributed by atoms with Gasteiger partial charge in [0.1, 0.15) is 12.3 Å². The molecule has 0 bridgehead atoms. The van der Waals surface area contributed by atoms with Gasteiger partial charge in [0, 0.05) is 16.8 Å². The van der Waals surface area contributed by atoms with Gasteiger partial charge in [-0.15, -0.1) is 0 Å². The van der Waals surface area contributed by atoms with Gasteiger partial charge in [-0.1, -0.05) is 0 Å². The Kier molecular flexibility index (Phi) is 1.30. The van der Waals surface area contributed by atoms with Gasteiger partial charge in [-0.05, 0) is 37.9 Å². The van der Waals surface area contributed by atoms with Crippen LogP contribution >= 0.6 is 31.9 Å². The minimum absolute atomic E-state index is 0.0594. The lowest BCUT2D eigenvalue weighted by molar-refractivity contribution is 1.03. The van der Waals surface area contributed by atoms with Gasteiger partial charge in [0.05, 0.1) is 17.3 Å². The fraction of sp³-hybridized carbons (Fsp3) is 0. The van der Waals surface area contributed by atoms with E-state index in [9.17, 15) is 0 Å². The molecule has 0 radical (unpaired) electrons. The van der Waals surface area contributed by atoms with Gasteiger partial charge in [0.15, 0.2) is 0 Å². The molecule has 0 spiro atoms. The summed E-state index contributed by atoms with van der Waals surface area (Å²) < 4.78 is 39.5. The Morgan fingerprint density at radius 1 is 1.46 bits per heavy atom. The number of halogens is 2. The zero-order chi connectivity index (χ0) is 13.6. The largest absolute Gasteiger partial charge is 0.302 e. The number of nitrogens with zero attached hydrogens (tertiary/aromatic N) is 3. The van der Waals surface area contributed by atoms with Gasteiger partial charge in [0.2, 0.25) is 0 Å². The Bertz CT molecular complexity index is 642. The highest BCUT2D eigenvalue weighted by Crippen LogP contribution is 2.20. The van der Waals surface area contributed by atoms with Crippen LogP contribution in [0.1, 0.15) is 6.85 Å². The SMILES string of the molecule is [2H]c1nc([2H])c(-n2c([2H])nc(Br)c2[2H])c(Br)c1[2H]. The van der Waals surface area contributed by atoms with Gasteiger partial charge in [-0.2, -0.15) is 0 Å². The number of pyridine rings is 1. The topological polar surface area (TPSA) is 30.7 Å². The summed E-state index contributed by atoms with van der Waals surface area (Å²) in [5.74, 6) is 0. The minimum atomic E-state index is -0.340. The van der Waals surface area contributed by atoms with Crippen molar-refractivity contribution in [3.63, 3.8) is 0 Å². The molecule has 5 heteroatoms. The molecule has 66 valence electrons. The van der Waals surface area contributed by atoms with E-state index in [1.807, 2.05) is 0 Å². The fourth-order valence-corrected chi connectivity index (χ4v) is 1.37. The molecule has 0 aliphatic carbocycles. The average molecular weight is 308 g/mol. The highest BCUT2D eigenvalue weighted by atomic mass is 79.9. The lowest BCUT2D eigenvalue weighted by Crippen LogP contribution is -1.91. The highest BCUT2D eigenvalue weighted by molar-refractivity contribution is 9.10. The molecule has 0 aromatic carbocycles. The molecule has 2 rings (SSSR count). The summed E-state index contributed by atoms with van der Waals surface area (Å²) in [6.07, 6.45) is -1.00. The first-order chi connectivity index (χ1) is 8.34. The summed E-state index contributed by atoms with van der Waals surface area (Å²) in [7, 11) is 0. The normalized spacial score (nSPS) is 15.7. The quantitative estimate of drug-likeness (QED) is 0.811. The van der Waals surface area contributed by atoms with E-state index in [0.29, 0.717) is 0 Å². The standard InChI is InChI=1S/C8H5Br2N3/c9-6-1-2-11-3-7(6)13-4-8(10)12-5-13/h1-5H/i1D,2D,3D,4D,5D. The summed E-state index contributed by atoms with van der Waals surface area (Å²) >= 11 is 6.12. The van der Waals surface area contributed by atoms with E-state index in [0.717, 1.165) is 4.57 Å². The van der Waals surface area contributed by atoms with Crippen LogP contribution in [0.3, 0.4) is 0 Å². The molecule has 0 saturated heterocycles. The first-order valence-corrected chi connectivity index (χ1v) is 4.78. The van der Waals surface area contributed by atoms with Gasteiger partial charge in [0.25, 0.3) is 0 Å². The third-order valence-electron chi connectivity index (χ3n) is 1.27. The second-order valence-electron chi connectivity index (χ2n) is 2.07. The summed E-state index contributed by atoms with van der Waals surface area (Å²) in [4.78, 5) is 7.33. The molecule has 2 aromatic heterocycles. The van der Waals surface area contributed by atoms with Crippen LogP contribution in [0.15, 0.2) is 39.9 Å². The molecule has 2 heterocycles. The molecule has 0 unspecified atom stereocenters.